The molecular formula is C11H24N2O4. The van der Waals surface area contributed by atoms with E-state index in [0.29, 0.717) is 6.54 Å². The topological polar surface area (TPSA) is 96.2 Å². The summed E-state index contributed by atoms with van der Waals surface area (Å²) in [5, 5.41) is 39.9. The van der Waals surface area contributed by atoms with Crippen molar-refractivity contribution in [3.63, 3.8) is 0 Å². The van der Waals surface area contributed by atoms with Crippen LogP contribution in [0, 0.1) is 0 Å². The molecule has 6 heteroatoms. The van der Waals surface area contributed by atoms with Crippen LogP contribution in [0.1, 0.15) is 12.8 Å². The Morgan fingerprint density at radius 2 is 1.59 bits per heavy atom. The third-order valence-electron chi connectivity index (χ3n) is 3.29. The summed E-state index contributed by atoms with van der Waals surface area (Å²) in [7, 11) is 0. The van der Waals surface area contributed by atoms with E-state index in [1.165, 1.54) is 12.8 Å². The number of hydrogen-bond acceptors (Lipinski definition) is 6. The molecule has 0 aromatic heterocycles. The van der Waals surface area contributed by atoms with Gasteiger partial charge in [0, 0.05) is 13.1 Å². The number of hydrogen-bond donors (Lipinski definition) is 5. The van der Waals surface area contributed by atoms with Crippen molar-refractivity contribution in [3.8, 4) is 0 Å². The van der Waals surface area contributed by atoms with Gasteiger partial charge in [-0.25, -0.2) is 0 Å². The number of likely N-dealkylation sites (tertiary alicyclic amines) is 1. The van der Waals surface area contributed by atoms with Crippen molar-refractivity contribution in [1.82, 2.24) is 10.2 Å². The molecule has 1 atom stereocenters. The van der Waals surface area contributed by atoms with Crippen molar-refractivity contribution in [2.24, 2.45) is 0 Å². The zero-order chi connectivity index (χ0) is 12.7. The summed E-state index contributed by atoms with van der Waals surface area (Å²) in [5.41, 5.74) is -1.11. The van der Waals surface area contributed by atoms with Gasteiger partial charge in [0.05, 0.1) is 31.5 Å². The molecule has 1 rings (SSSR count). The Morgan fingerprint density at radius 3 is 2.06 bits per heavy atom. The van der Waals surface area contributed by atoms with Crippen LogP contribution in [0.3, 0.4) is 0 Å². The van der Waals surface area contributed by atoms with E-state index < -0.39 is 11.6 Å². The molecule has 0 amide bonds. The molecule has 1 unspecified atom stereocenters. The van der Waals surface area contributed by atoms with Crippen molar-refractivity contribution < 1.29 is 20.4 Å². The SMILES string of the molecule is OCC(CO)(CO)NCC(O)CN1CCCC1. The highest BCUT2D eigenvalue weighted by Gasteiger charge is 2.28. The minimum absolute atomic E-state index is 0.248. The minimum atomic E-state index is -1.11. The first-order valence-electron chi connectivity index (χ1n) is 6.14. The zero-order valence-electron chi connectivity index (χ0n) is 10.2. The van der Waals surface area contributed by atoms with Crippen LogP contribution < -0.4 is 5.32 Å². The largest absolute Gasteiger partial charge is 0.394 e. The lowest BCUT2D eigenvalue weighted by Crippen LogP contribution is -2.57. The number of β-amino-alcohol motifs (C(OH)–C–C–N with tert-alkyl or cyclic N) is 1. The Hall–Kier alpha value is -0.240. The van der Waals surface area contributed by atoms with Crippen molar-refractivity contribution >= 4 is 0 Å². The molecule has 0 aromatic rings. The Labute approximate surface area is 102 Å². The molecule has 1 heterocycles. The summed E-state index contributed by atoms with van der Waals surface area (Å²) in [6.45, 7) is 1.78. The maximum absolute atomic E-state index is 9.81. The second-order valence-electron chi connectivity index (χ2n) is 4.80. The lowest BCUT2D eigenvalue weighted by molar-refractivity contribution is 0.0286. The second-order valence-corrected chi connectivity index (χ2v) is 4.80. The maximum atomic E-state index is 9.81. The zero-order valence-corrected chi connectivity index (χ0v) is 10.2. The summed E-state index contributed by atoms with van der Waals surface area (Å²) in [5.74, 6) is 0. The van der Waals surface area contributed by atoms with Crippen molar-refractivity contribution in [3.05, 3.63) is 0 Å². The maximum Gasteiger partial charge on any atom is 0.0882 e. The van der Waals surface area contributed by atoms with E-state index in [2.05, 4.69) is 10.2 Å². The fourth-order valence-corrected chi connectivity index (χ4v) is 1.98. The van der Waals surface area contributed by atoms with Gasteiger partial charge in [-0.1, -0.05) is 0 Å². The first-order chi connectivity index (χ1) is 8.15. The molecule has 0 spiro atoms. The minimum Gasteiger partial charge on any atom is -0.394 e. The lowest BCUT2D eigenvalue weighted by Gasteiger charge is -2.30. The van der Waals surface area contributed by atoms with Gasteiger partial charge in [-0.3, -0.25) is 0 Å². The molecule has 0 radical (unpaired) electrons. The van der Waals surface area contributed by atoms with Crippen LogP contribution in [-0.4, -0.2) is 83.0 Å². The van der Waals surface area contributed by atoms with E-state index >= 15 is 0 Å². The molecule has 102 valence electrons. The van der Waals surface area contributed by atoms with E-state index in [4.69, 9.17) is 15.3 Å². The second kappa shape index (κ2) is 7.25. The van der Waals surface area contributed by atoms with Gasteiger partial charge >= 0.3 is 0 Å². The summed E-state index contributed by atoms with van der Waals surface area (Å²) in [4.78, 5) is 2.19. The monoisotopic (exact) mass is 248 g/mol. The van der Waals surface area contributed by atoms with Gasteiger partial charge in [-0.15, -0.1) is 0 Å². The average molecular weight is 248 g/mol. The number of rotatable bonds is 8. The predicted octanol–water partition coefficient (Wildman–Crippen LogP) is -2.25. The molecular weight excluding hydrogens is 224 g/mol. The Balaban J connectivity index is 2.27. The van der Waals surface area contributed by atoms with Crippen LogP contribution in [0.25, 0.3) is 0 Å². The van der Waals surface area contributed by atoms with E-state index in [9.17, 15) is 5.11 Å². The summed E-state index contributed by atoms with van der Waals surface area (Å²) in [6, 6.07) is 0. The molecule has 1 aliphatic heterocycles. The third kappa shape index (κ3) is 4.50. The van der Waals surface area contributed by atoms with Crippen molar-refractivity contribution in [2.75, 3.05) is 46.0 Å². The van der Waals surface area contributed by atoms with E-state index in [-0.39, 0.29) is 26.4 Å². The first kappa shape index (κ1) is 14.8. The third-order valence-corrected chi connectivity index (χ3v) is 3.29. The number of nitrogens with zero attached hydrogens (tertiary/aromatic N) is 1. The summed E-state index contributed by atoms with van der Waals surface area (Å²) < 4.78 is 0. The highest BCUT2D eigenvalue weighted by Crippen LogP contribution is 2.08. The average Bonchev–Trinajstić information content (AvgIpc) is 2.84. The smallest absolute Gasteiger partial charge is 0.0882 e. The van der Waals surface area contributed by atoms with Crippen LogP contribution in [0.2, 0.25) is 0 Å². The highest BCUT2D eigenvalue weighted by molar-refractivity contribution is 4.87. The van der Waals surface area contributed by atoms with Crippen LogP contribution >= 0.6 is 0 Å². The van der Waals surface area contributed by atoms with Crippen LogP contribution in [0.15, 0.2) is 0 Å². The van der Waals surface area contributed by atoms with Gasteiger partial charge in [0.25, 0.3) is 0 Å². The van der Waals surface area contributed by atoms with Gasteiger partial charge in [0.2, 0.25) is 0 Å². The first-order valence-corrected chi connectivity index (χ1v) is 6.14. The molecule has 17 heavy (non-hydrogen) atoms. The van der Waals surface area contributed by atoms with Crippen molar-refractivity contribution in [1.29, 1.82) is 0 Å². The molecule has 0 aliphatic carbocycles. The Kier molecular flexibility index (Phi) is 6.32. The molecule has 1 fully saturated rings. The van der Waals surface area contributed by atoms with Gasteiger partial charge in [-0.05, 0) is 25.9 Å². The molecule has 1 saturated heterocycles. The van der Waals surface area contributed by atoms with Gasteiger partial charge in [0.15, 0.2) is 0 Å². The summed E-state index contributed by atoms with van der Waals surface area (Å²) >= 11 is 0. The molecule has 5 N–H and O–H groups in total. The molecule has 0 saturated carbocycles. The molecule has 0 bridgehead atoms. The van der Waals surface area contributed by atoms with Gasteiger partial charge < -0.3 is 30.6 Å². The fourth-order valence-electron chi connectivity index (χ4n) is 1.98. The highest BCUT2D eigenvalue weighted by atomic mass is 16.3. The quantitative estimate of drug-likeness (QED) is 0.333. The lowest BCUT2D eigenvalue weighted by atomic mass is 10.0. The van der Waals surface area contributed by atoms with Gasteiger partial charge in [-0.2, -0.15) is 0 Å². The van der Waals surface area contributed by atoms with E-state index in [1.54, 1.807) is 0 Å². The Bertz CT molecular complexity index is 197. The normalized spacial score (nSPS) is 19.8. The standard InChI is InChI=1S/C11H24N2O4/c14-7-11(8-15,9-16)12-5-10(17)6-13-3-1-2-4-13/h10,12,14-17H,1-9H2. The Morgan fingerprint density at radius 1 is 1.06 bits per heavy atom. The number of nitrogens with one attached hydrogen (secondary N) is 1. The number of aliphatic hydroxyl groups is 4. The van der Waals surface area contributed by atoms with Crippen molar-refractivity contribution in [2.45, 2.75) is 24.5 Å². The van der Waals surface area contributed by atoms with Crippen LogP contribution in [0.4, 0.5) is 0 Å². The van der Waals surface area contributed by atoms with Crippen LogP contribution in [0.5, 0.6) is 0 Å². The summed E-state index contributed by atoms with van der Waals surface area (Å²) in [6.07, 6.45) is 1.79. The van der Waals surface area contributed by atoms with Crippen LogP contribution in [-0.2, 0) is 0 Å². The molecule has 6 nitrogen and oxygen atoms in total. The molecule has 0 aromatic carbocycles. The predicted molar refractivity (Wildman–Crippen MR) is 63.7 cm³/mol. The fraction of sp³-hybridized carbons (Fsp3) is 1.00. The number of aliphatic hydroxyl groups excluding tert-OH is 4. The molecule has 1 aliphatic rings. The van der Waals surface area contributed by atoms with E-state index in [0.717, 1.165) is 13.1 Å². The van der Waals surface area contributed by atoms with Gasteiger partial charge in [0.1, 0.15) is 0 Å². The van der Waals surface area contributed by atoms with E-state index in [1.807, 2.05) is 0 Å².